The molecular weight excluding hydrogens is 205 g/mol. The lowest BCUT2D eigenvalue weighted by Gasteiger charge is -2.07. The van der Waals surface area contributed by atoms with Gasteiger partial charge in [0.15, 0.2) is 0 Å². The van der Waals surface area contributed by atoms with Crippen LogP contribution in [0.4, 0.5) is 4.39 Å². The van der Waals surface area contributed by atoms with Crippen molar-refractivity contribution in [1.29, 1.82) is 0 Å². The Hall–Kier alpha value is -1.53. The van der Waals surface area contributed by atoms with Gasteiger partial charge in [0.1, 0.15) is 11.6 Å². The van der Waals surface area contributed by atoms with Gasteiger partial charge in [0.05, 0.1) is 6.61 Å². The highest BCUT2D eigenvalue weighted by Gasteiger charge is 2.01. The Bertz CT molecular complexity index is 371. The molecule has 1 aromatic rings. The van der Waals surface area contributed by atoms with Crippen molar-refractivity contribution >= 4 is 0 Å². The molecule has 1 rings (SSSR count). The van der Waals surface area contributed by atoms with Crippen LogP contribution in [0.25, 0.3) is 0 Å². The molecule has 0 bridgehead atoms. The lowest BCUT2D eigenvalue weighted by molar-refractivity contribution is 0.311. The second kappa shape index (κ2) is 6.86. The van der Waals surface area contributed by atoms with E-state index in [1.54, 1.807) is 0 Å². The molecule has 0 aliphatic heterocycles. The largest absolute Gasteiger partial charge is 0.493 e. The summed E-state index contributed by atoms with van der Waals surface area (Å²) in [6, 6.07) is 4.66. The molecule has 3 heteroatoms. The summed E-state index contributed by atoms with van der Waals surface area (Å²) in [5, 5.41) is 0. The molecule has 0 saturated carbocycles. The quantitative estimate of drug-likeness (QED) is 0.590. The third-order valence-corrected chi connectivity index (χ3v) is 2.10. The van der Waals surface area contributed by atoms with E-state index in [2.05, 4.69) is 5.92 Å². The number of halogens is 1. The first-order valence-electron chi connectivity index (χ1n) is 5.32. The normalized spacial score (nSPS) is 9.81. The minimum absolute atomic E-state index is 0.294. The third kappa shape index (κ3) is 4.33. The van der Waals surface area contributed by atoms with E-state index < -0.39 is 0 Å². The van der Waals surface area contributed by atoms with Gasteiger partial charge in [-0.25, -0.2) is 4.39 Å². The first-order valence-corrected chi connectivity index (χ1v) is 5.32. The molecule has 2 nitrogen and oxygen atoms in total. The molecule has 0 spiro atoms. The monoisotopic (exact) mass is 221 g/mol. The molecule has 0 aromatic heterocycles. The van der Waals surface area contributed by atoms with E-state index in [1.807, 2.05) is 6.07 Å². The fourth-order valence-corrected chi connectivity index (χ4v) is 1.38. The van der Waals surface area contributed by atoms with Crippen molar-refractivity contribution in [2.24, 2.45) is 5.73 Å². The lowest BCUT2D eigenvalue weighted by Crippen LogP contribution is -2.04. The zero-order valence-corrected chi connectivity index (χ0v) is 9.21. The van der Waals surface area contributed by atoms with Gasteiger partial charge in [-0.1, -0.05) is 0 Å². The summed E-state index contributed by atoms with van der Waals surface area (Å²) in [7, 11) is 0. The highest BCUT2D eigenvalue weighted by Crippen LogP contribution is 2.17. The number of hydrogen-bond acceptors (Lipinski definition) is 2. The second-order valence-corrected chi connectivity index (χ2v) is 3.49. The van der Waals surface area contributed by atoms with Crippen molar-refractivity contribution in [2.45, 2.75) is 19.3 Å². The van der Waals surface area contributed by atoms with Gasteiger partial charge in [-0.2, -0.15) is 0 Å². The zero-order valence-electron chi connectivity index (χ0n) is 9.21. The Morgan fingerprint density at radius 2 is 2.19 bits per heavy atom. The van der Waals surface area contributed by atoms with Crippen molar-refractivity contribution in [3.63, 3.8) is 0 Å². The summed E-state index contributed by atoms with van der Waals surface area (Å²) in [5.74, 6) is 2.77. The van der Waals surface area contributed by atoms with E-state index in [4.69, 9.17) is 16.9 Å². The van der Waals surface area contributed by atoms with Crippen molar-refractivity contribution in [2.75, 3.05) is 13.2 Å². The molecule has 1 aromatic carbocycles. The number of ether oxygens (including phenoxy) is 1. The van der Waals surface area contributed by atoms with E-state index >= 15 is 0 Å². The van der Waals surface area contributed by atoms with Crippen LogP contribution in [0.5, 0.6) is 5.75 Å². The minimum Gasteiger partial charge on any atom is -0.493 e. The van der Waals surface area contributed by atoms with Gasteiger partial charge in [0.2, 0.25) is 0 Å². The average Bonchev–Trinajstić information content (AvgIpc) is 2.24. The van der Waals surface area contributed by atoms with E-state index in [0.29, 0.717) is 31.7 Å². The maximum Gasteiger partial charge on any atom is 0.127 e. The summed E-state index contributed by atoms with van der Waals surface area (Å²) in [6.07, 6.45) is 7.22. The molecule has 2 N–H and O–H groups in total. The number of terminal acetylenes is 1. The molecule has 0 saturated heterocycles. The van der Waals surface area contributed by atoms with Crippen LogP contribution in [-0.2, 0) is 6.42 Å². The molecule has 16 heavy (non-hydrogen) atoms. The van der Waals surface area contributed by atoms with Crippen LogP contribution in [-0.4, -0.2) is 13.2 Å². The maximum absolute atomic E-state index is 13.2. The van der Waals surface area contributed by atoms with Crippen LogP contribution in [0.2, 0.25) is 0 Å². The van der Waals surface area contributed by atoms with E-state index in [1.165, 1.54) is 12.1 Å². The predicted molar refractivity (Wildman–Crippen MR) is 62.7 cm³/mol. The van der Waals surface area contributed by atoms with Gasteiger partial charge in [-0.05, 0) is 37.1 Å². The number of hydrogen-bond donors (Lipinski definition) is 1. The second-order valence-electron chi connectivity index (χ2n) is 3.49. The van der Waals surface area contributed by atoms with E-state index in [-0.39, 0.29) is 5.82 Å². The summed E-state index contributed by atoms with van der Waals surface area (Å²) in [4.78, 5) is 0. The van der Waals surface area contributed by atoms with Crippen molar-refractivity contribution in [3.8, 4) is 18.1 Å². The Morgan fingerprint density at radius 3 is 2.88 bits per heavy atom. The molecule has 0 aliphatic carbocycles. The Balaban J connectivity index is 2.55. The molecule has 0 atom stereocenters. The van der Waals surface area contributed by atoms with Gasteiger partial charge in [-0.3, -0.25) is 0 Å². The Labute approximate surface area is 95.6 Å². The van der Waals surface area contributed by atoms with Gasteiger partial charge in [-0.15, -0.1) is 12.3 Å². The van der Waals surface area contributed by atoms with Crippen molar-refractivity contribution < 1.29 is 9.13 Å². The Morgan fingerprint density at radius 1 is 1.38 bits per heavy atom. The van der Waals surface area contributed by atoms with Crippen LogP contribution in [0.15, 0.2) is 18.2 Å². The van der Waals surface area contributed by atoms with Crippen LogP contribution in [0, 0.1) is 18.2 Å². The van der Waals surface area contributed by atoms with Gasteiger partial charge in [0.25, 0.3) is 0 Å². The summed E-state index contributed by atoms with van der Waals surface area (Å²) in [6.45, 7) is 1.01. The smallest absolute Gasteiger partial charge is 0.127 e. The summed E-state index contributed by atoms with van der Waals surface area (Å²) >= 11 is 0. The average molecular weight is 221 g/mol. The third-order valence-electron chi connectivity index (χ3n) is 2.10. The highest BCUT2D eigenvalue weighted by atomic mass is 19.1. The fraction of sp³-hybridized carbons (Fsp3) is 0.385. The first-order chi connectivity index (χ1) is 7.76. The van der Waals surface area contributed by atoms with E-state index in [9.17, 15) is 4.39 Å². The molecule has 0 heterocycles. The summed E-state index contributed by atoms with van der Waals surface area (Å²) < 4.78 is 18.6. The SMILES string of the molecule is C#CCCCOc1cc(F)cc(CCN)c1. The van der Waals surface area contributed by atoms with Crippen molar-refractivity contribution in [1.82, 2.24) is 0 Å². The molecule has 0 amide bonds. The highest BCUT2D eigenvalue weighted by molar-refractivity contribution is 5.29. The fourth-order valence-electron chi connectivity index (χ4n) is 1.38. The van der Waals surface area contributed by atoms with Gasteiger partial charge >= 0.3 is 0 Å². The number of rotatable bonds is 6. The molecule has 0 fully saturated rings. The standard InChI is InChI=1S/C13H16FNO/c1-2-3-4-7-16-13-9-11(5-6-15)8-12(14)10-13/h1,8-10H,3-7,15H2. The van der Waals surface area contributed by atoms with Gasteiger partial charge in [0, 0.05) is 12.5 Å². The van der Waals surface area contributed by atoms with Crippen molar-refractivity contribution in [3.05, 3.63) is 29.6 Å². The van der Waals surface area contributed by atoms with Crippen LogP contribution >= 0.6 is 0 Å². The predicted octanol–water partition coefficient (Wildman–Crippen LogP) is 2.12. The van der Waals surface area contributed by atoms with E-state index in [0.717, 1.165) is 12.0 Å². The van der Waals surface area contributed by atoms with Crippen LogP contribution < -0.4 is 10.5 Å². The molecular formula is C13H16FNO. The Kier molecular flexibility index (Phi) is 5.38. The van der Waals surface area contributed by atoms with Gasteiger partial charge < -0.3 is 10.5 Å². The minimum atomic E-state index is -0.294. The first kappa shape index (κ1) is 12.5. The lowest BCUT2D eigenvalue weighted by atomic mass is 10.1. The topological polar surface area (TPSA) is 35.2 Å². The molecule has 0 aliphatic rings. The van der Waals surface area contributed by atoms with Crippen LogP contribution in [0.1, 0.15) is 18.4 Å². The maximum atomic E-state index is 13.2. The number of unbranched alkanes of at least 4 members (excludes halogenated alkanes) is 1. The number of nitrogens with two attached hydrogens (primary N) is 1. The summed E-state index contributed by atoms with van der Waals surface area (Å²) in [5.41, 5.74) is 6.27. The number of benzene rings is 1. The molecule has 0 unspecified atom stereocenters. The molecule has 0 radical (unpaired) electrons. The zero-order chi connectivity index (χ0) is 11.8. The van der Waals surface area contributed by atoms with Crippen LogP contribution in [0.3, 0.4) is 0 Å². The molecule has 86 valence electrons.